The highest BCUT2D eigenvalue weighted by Gasteiger charge is 2.13. The number of benzene rings is 1. The Morgan fingerprint density at radius 2 is 2.21 bits per heavy atom. The summed E-state index contributed by atoms with van der Waals surface area (Å²) in [7, 11) is 0. The van der Waals surface area contributed by atoms with Crippen molar-refractivity contribution < 1.29 is 0 Å². The van der Waals surface area contributed by atoms with Crippen molar-refractivity contribution in [3.63, 3.8) is 0 Å². The van der Waals surface area contributed by atoms with Crippen molar-refractivity contribution in [2.24, 2.45) is 5.73 Å². The van der Waals surface area contributed by atoms with Gasteiger partial charge in [-0.05, 0) is 36.7 Å². The van der Waals surface area contributed by atoms with Gasteiger partial charge in [0.2, 0.25) is 0 Å². The first-order valence-corrected chi connectivity index (χ1v) is 7.12. The first-order valence-electron chi connectivity index (χ1n) is 6.31. The Balaban J connectivity index is 2.34. The second kappa shape index (κ2) is 6.08. The number of nitrogens with two attached hydrogens (primary N) is 1. The van der Waals surface area contributed by atoms with Crippen LogP contribution >= 0.6 is 11.8 Å². The fourth-order valence-electron chi connectivity index (χ4n) is 1.85. The van der Waals surface area contributed by atoms with E-state index >= 15 is 0 Å². The summed E-state index contributed by atoms with van der Waals surface area (Å²) in [5.41, 5.74) is 6.86. The fourth-order valence-corrected chi connectivity index (χ4v) is 2.94. The zero-order valence-corrected chi connectivity index (χ0v) is 11.9. The number of hydrogen-bond acceptors (Lipinski definition) is 4. The lowest BCUT2D eigenvalue weighted by atomic mass is 10.1. The smallest absolute Gasteiger partial charge is 0.324 e. The molecule has 102 valence electrons. The van der Waals surface area contributed by atoms with Crippen molar-refractivity contribution in [2.45, 2.75) is 42.9 Å². The second-order valence-corrected chi connectivity index (χ2v) is 5.40. The van der Waals surface area contributed by atoms with Crippen LogP contribution in [-0.2, 0) is 6.54 Å². The Morgan fingerprint density at radius 3 is 2.89 bits per heavy atom. The Hall–Kier alpha value is -1.53. The molecule has 0 aliphatic heterocycles. The molecule has 1 heterocycles. The van der Waals surface area contributed by atoms with E-state index in [1.54, 1.807) is 4.57 Å². The van der Waals surface area contributed by atoms with E-state index in [9.17, 15) is 4.79 Å². The van der Waals surface area contributed by atoms with Crippen LogP contribution in [0.4, 0.5) is 0 Å². The van der Waals surface area contributed by atoms with Gasteiger partial charge in [0.15, 0.2) is 5.16 Å². The average molecular weight is 278 g/mol. The third-order valence-corrected chi connectivity index (χ3v) is 3.87. The van der Waals surface area contributed by atoms with Crippen LogP contribution in [0.1, 0.15) is 31.9 Å². The van der Waals surface area contributed by atoms with Crippen LogP contribution in [0.5, 0.6) is 0 Å². The molecule has 19 heavy (non-hydrogen) atoms. The van der Waals surface area contributed by atoms with Crippen LogP contribution in [0.15, 0.2) is 39.1 Å². The Bertz CT molecular complexity index is 603. The van der Waals surface area contributed by atoms with Gasteiger partial charge in [0.25, 0.3) is 0 Å². The second-order valence-electron chi connectivity index (χ2n) is 4.39. The van der Waals surface area contributed by atoms with Crippen LogP contribution in [-0.4, -0.2) is 14.8 Å². The molecule has 6 heteroatoms. The molecule has 1 aromatic carbocycles. The summed E-state index contributed by atoms with van der Waals surface area (Å²) in [5, 5.41) is 7.25. The minimum atomic E-state index is -0.164. The van der Waals surface area contributed by atoms with E-state index < -0.39 is 0 Å². The van der Waals surface area contributed by atoms with Gasteiger partial charge in [0, 0.05) is 17.5 Å². The van der Waals surface area contributed by atoms with Crippen LogP contribution in [0.2, 0.25) is 0 Å². The Labute approximate surface area is 116 Å². The first kappa shape index (κ1) is 13.9. The molecule has 0 aliphatic rings. The minimum Gasteiger partial charge on any atom is -0.324 e. The van der Waals surface area contributed by atoms with Crippen LogP contribution < -0.4 is 11.4 Å². The highest BCUT2D eigenvalue weighted by molar-refractivity contribution is 7.99. The van der Waals surface area contributed by atoms with Crippen molar-refractivity contribution in [3.8, 4) is 0 Å². The van der Waals surface area contributed by atoms with Gasteiger partial charge >= 0.3 is 5.69 Å². The van der Waals surface area contributed by atoms with Gasteiger partial charge in [-0.2, -0.15) is 0 Å². The number of nitrogens with zero attached hydrogens (tertiary/aromatic N) is 2. The van der Waals surface area contributed by atoms with Gasteiger partial charge in [0.05, 0.1) is 0 Å². The van der Waals surface area contributed by atoms with Gasteiger partial charge in [-0.1, -0.05) is 25.1 Å². The highest BCUT2D eigenvalue weighted by atomic mass is 32.2. The van der Waals surface area contributed by atoms with E-state index in [0.29, 0.717) is 11.7 Å². The van der Waals surface area contributed by atoms with Gasteiger partial charge in [-0.25, -0.2) is 9.89 Å². The molecule has 1 aromatic heterocycles. The molecule has 5 nitrogen and oxygen atoms in total. The maximum Gasteiger partial charge on any atom is 0.343 e. The standard InChI is InChI=1S/C13H18N4OS/c1-3-8-17-12(18)15-16-13(17)19-11-7-5-4-6-10(11)9(2)14/h4-7,9H,3,8,14H2,1-2H3,(H,15,18). The number of nitrogens with one attached hydrogen (secondary N) is 1. The molecule has 0 aliphatic carbocycles. The van der Waals surface area contributed by atoms with Gasteiger partial charge < -0.3 is 5.73 Å². The minimum absolute atomic E-state index is 0.0472. The van der Waals surface area contributed by atoms with E-state index in [-0.39, 0.29) is 11.7 Å². The SMILES string of the molecule is CCCn1c(Sc2ccccc2C(C)N)n[nH]c1=O. The van der Waals surface area contributed by atoms with Gasteiger partial charge in [0.1, 0.15) is 0 Å². The van der Waals surface area contributed by atoms with Crippen LogP contribution in [0.3, 0.4) is 0 Å². The van der Waals surface area contributed by atoms with Crippen molar-refractivity contribution in [1.29, 1.82) is 0 Å². The summed E-state index contributed by atoms with van der Waals surface area (Å²) in [5.74, 6) is 0. The van der Waals surface area contributed by atoms with Crippen molar-refractivity contribution in [2.75, 3.05) is 0 Å². The molecule has 2 aromatic rings. The van der Waals surface area contributed by atoms with E-state index in [2.05, 4.69) is 10.2 Å². The zero-order valence-electron chi connectivity index (χ0n) is 11.1. The average Bonchev–Trinajstić information content (AvgIpc) is 2.72. The van der Waals surface area contributed by atoms with Crippen molar-refractivity contribution in [3.05, 3.63) is 40.3 Å². The lowest BCUT2D eigenvalue weighted by molar-refractivity contribution is 0.603. The molecule has 0 bridgehead atoms. The number of aromatic nitrogens is 3. The monoisotopic (exact) mass is 278 g/mol. The summed E-state index contributed by atoms with van der Waals surface area (Å²) >= 11 is 1.47. The third kappa shape index (κ3) is 3.08. The molecule has 0 saturated heterocycles. The maximum atomic E-state index is 11.6. The van der Waals surface area contributed by atoms with Crippen molar-refractivity contribution in [1.82, 2.24) is 14.8 Å². The number of rotatable bonds is 5. The molecular formula is C13H18N4OS. The summed E-state index contributed by atoms with van der Waals surface area (Å²) < 4.78 is 1.66. The summed E-state index contributed by atoms with van der Waals surface area (Å²) in [4.78, 5) is 12.7. The quantitative estimate of drug-likeness (QED) is 0.878. The molecule has 0 saturated carbocycles. The summed E-state index contributed by atoms with van der Waals surface area (Å²) in [6, 6.07) is 7.88. The van der Waals surface area contributed by atoms with E-state index in [1.807, 2.05) is 38.1 Å². The molecule has 3 N–H and O–H groups in total. The number of aromatic amines is 1. The van der Waals surface area contributed by atoms with Crippen LogP contribution in [0.25, 0.3) is 0 Å². The number of hydrogen-bond donors (Lipinski definition) is 2. The lowest BCUT2D eigenvalue weighted by Crippen LogP contribution is -2.17. The topological polar surface area (TPSA) is 76.7 Å². The van der Waals surface area contributed by atoms with E-state index in [4.69, 9.17) is 5.73 Å². The number of H-pyrrole nitrogens is 1. The lowest BCUT2D eigenvalue weighted by Gasteiger charge is -2.11. The predicted octanol–water partition coefficient (Wildman–Crippen LogP) is 2.15. The van der Waals surface area contributed by atoms with E-state index in [0.717, 1.165) is 16.9 Å². The van der Waals surface area contributed by atoms with E-state index in [1.165, 1.54) is 11.8 Å². The zero-order chi connectivity index (χ0) is 13.8. The molecular weight excluding hydrogens is 260 g/mol. The normalized spacial score (nSPS) is 12.6. The summed E-state index contributed by atoms with van der Waals surface area (Å²) in [6.07, 6.45) is 0.891. The molecule has 0 amide bonds. The third-order valence-electron chi connectivity index (χ3n) is 2.78. The molecule has 0 radical (unpaired) electrons. The maximum absolute atomic E-state index is 11.6. The summed E-state index contributed by atoms with van der Waals surface area (Å²) in [6.45, 7) is 4.64. The van der Waals surface area contributed by atoms with Gasteiger partial charge in [-0.15, -0.1) is 5.10 Å². The molecule has 0 fully saturated rings. The fraction of sp³-hybridized carbons (Fsp3) is 0.385. The predicted molar refractivity (Wildman–Crippen MR) is 76.3 cm³/mol. The molecule has 2 rings (SSSR count). The Kier molecular flexibility index (Phi) is 4.44. The molecule has 1 unspecified atom stereocenters. The highest BCUT2D eigenvalue weighted by Crippen LogP contribution is 2.30. The first-order chi connectivity index (χ1) is 9.13. The van der Waals surface area contributed by atoms with Gasteiger partial charge in [-0.3, -0.25) is 4.57 Å². The van der Waals surface area contributed by atoms with Crippen LogP contribution in [0, 0.1) is 0 Å². The molecule has 1 atom stereocenters. The van der Waals surface area contributed by atoms with Crippen molar-refractivity contribution >= 4 is 11.8 Å². The molecule has 0 spiro atoms. The Morgan fingerprint density at radius 1 is 1.47 bits per heavy atom. The largest absolute Gasteiger partial charge is 0.343 e.